The zero-order valence-electron chi connectivity index (χ0n) is 28.4. The predicted octanol–water partition coefficient (Wildman–Crippen LogP) is 6.08. The van der Waals surface area contributed by atoms with E-state index in [1.807, 2.05) is 11.8 Å². The normalized spacial score (nSPS) is 23.7. The van der Waals surface area contributed by atoms with Crippen molar-refractivity contribution >= 4 is 60.7 Å². The van der Waals surface area contributed by atoms with Crippen LogP contribution in [0.4, 0.5) is 19.6 Å². The van der Waals surface area contributed by atoms with Gasteiger partial charge in [0.1, 0.15) is 40.9 Å². The van der Waals surface area contributed by atoms with Crippen LogP contribution in [0.1, 0.15) is 57.4 Å². The maximum Gasteiger partial charge on any atom is 0.319 e. The summed E-state index contributed by atoms with van der Waals surface area (Å²) in [6.07, 6.45) is 6.99. The second kappa shape index (κ2) is 12.1. The second-order valence-corrected chi connectivity index (χ2v) is 16.6. The zero-order chi connectivity index (χ0) is 35.2. The highest BCUT2D eigenvalue weighted by atomic mass is 35.5. The molecule has 3 N–H and O–H groups in total. The van der Waals surface area contributed by atoms with Crippen LogP contribution in [0.5, 0.6) is 6.01 Å². The first-order valence-corrected chi connectivity index (χ1v) is 19.1. The number of hydrogen-bond acceptors (Lipinski definition) is 10. The molecule has 2 aromatic carbocycles. The summed E-state index contributed by atoms with van der Waals surface area (Å²) in [5.41, 5.74) is 6.50. The number of nitriles is 1. The van der Waals surface area contributed by atoms with Crippen LogP contribution >= 0.6 is 22.9 Å². The molecule has 2 atom stereocenters. The summed E-state index contributed by atoms with van der Waals surface area (Å²) in [6.45, 7) is 7.39. The molecule has 9 rings (SSSR count). The molecule has 10 nitrogen and oxygen atoms in total. The fraction of sp³-hybridized carbons (Fsp3) is 0.514. The fourth-order valence-electron chi connectivity index (χ4n) is 9.31. The number of nitrogens with two attached hydrogens (primary N) is 1. The molecule has 2 aromatic heterocycles. The minimum Gasteiger partial charge on any atom is -0.461 e. The molecule has 4 aromatic rings. The van der Waals surface area contributed by atoms with Gasteiger partial charge in [-0.15, -0.1) is 11.3 Å². The Morgan fingerprint density at radius 2 is 1.86 bits per heavy atom. The smallest absolute Gasteiger partial charge is 0.319 e. The van der Waals surface area contributed by atoms with Crippen LogP contribution in [0, 0.1) is 28.4 Å². The number of nitrogens with one attached hydrogen (secondary N) is 1. The van der Waals surface area contributed by atoms with E-state index < -0.39 is 11.6 Å². The highest BCUT2D eigenvalue weighted by Crippen LogP contribution is 2.47. The number of amides is 1. The molecule has 5 aliphatic rings. The minimum atomic E-state index is -0.699. The number of nitrogen functional groups attached to an aromatic ring is 1. The molecule has 0 bridgehead atoms. The summed E-state index contributed by atoms with van der Waals surface area (Å²) in [6, 6.07) is 6.69. The molecule has 5 aliphatic heterocycles. The van der Waals surface area contributed by atoms with Gasteiger partial charge in [0.25, 0.3) is 0 Å². The molecule has 51 heavy (non-hydrogen) atoms. The summed E-state index contributed by atoms with van der Waals surface area (Å²) in [7, 11) is 0. The first-order chi connectivity index (χ1) is 24.6. The number of fused-ring (bicyclic) bond motifs is 3. The summed E-state index contributed by atoms with van der Waals surface area (Å²) >= 11 is 7.88. The Morgan fingerprint density at radius 3 is 2.57 bits per heavy atom. The molecule has 0 aliphatic carbocycles. The molecule has 5 saturated heterocycles. The predicted molar refractivity (Wildman–Crippen MR) is 194 cm³/mol. The van der Waals surface area contributed by atoms with Crippen molar-refractivity contribution in [1.29, 1.82) is 5.26 Å². The topological polar surface area (TPSA) is 134 Å². The Hall–Kier alpha value is -3.83. The van der Waals surface area contributed by atoms with Gasteiger partial charge in [0, 0.05) is 48.6 Å². The van der Waals surface area contributed by atoms with Crippen molar-refractivity contribution < 1.29 is 18.3 Å². The van der Waals surface area contributed by atoms with Gasteiger partial charge in [-0.1, -0.05) is 17.7 Å². The highest BCUT2D eigenvalue weighted by molar-refractivity contribution is 7.23. The minimum absolute atomic E-state index is 0.0169. The van der Waals surface area contributed by atoms with Crippen molar-refractivity contribution in [2.45, 2.75) is 69.5 Å². The summed E-state index contributed by atoms with van der Waals surface area (Å²) in [5.74, 6) is -0.504. The number of hydrogen-bond donors (Lipinski definition) is 2. The quantitative estimate of drug-likeness (QED) is 0.226. The number of carbonyl (C=O) groups is 1. The number of rotatable bonds is 6. The number of likely N-dealkylation sites (tertiary alicyclic amines) is 1. The van der Waals surface area contributed by atoms with Gasteiger partial charge in [-0.2, -0.15) is 15.2 Å². The van der Waals surface area contributed by atoms with Crippen molar-refractivity contribution in [1.82, 2.24) is 25.1 Å². The first-order valence-electron chi connectivity index (χ1n) is 17.9. The molecule has 0 saturated carbocycles. The maximum absolute atomic E-state index is 17.1. The van der Waals surface area contributed by atoms with E-state index in [4.69, 9.17) is 27.1 Å². The molecule has 0 radical (unpaired) electrons. The summed E-state index contributed by atoms with van der Waals surface area (Å²) < 4.78 is 38.7. The Bertz CT molecular complexity index is 2140. The lowest BCUT2D eigenvalue weighted by atomic mass is 9.77. The van der Waals surface area contributed by atoms with Crippen LogP contribution in [0.2, 0.25) is 5.02 Å². The lowest BCUT2D eigenvalue weighted by Crippen LogP contribution is -2.44. The maximum atomic E-state index is 17.1. The van der Waals surface area contributed by atoms with Gasteiger partial charge < -0.3 is 20.3 Å². The Morgan fingerprint density at radius 1 is 1.14 bits per heavy atom. The number of ether oxygens (including phenoxy) is 1. The van der Waals surface area contributed by atoms with Gasteiger partial charge >= 0.3 is 6.01 Å². The van der Waals surface area contributed by atoms with Crippen molar-refractivity contribution in [2.24, 2.45) is 5.41 Å². The number of thiophene rings is 1. The van der Waals surface area contributed by atoms with Crippen LogP contribution < -0.4 is 20.7 Å². The average molecular weight is 733 g/mol. The average Bonchev–Trinajstić information content (AvgIpc) is 3.48. The number of piperidine rings is 1. The third-order valence-electron chi connectivity index (χ3n) is 12.3. The third kappa shape index (κ3) is 5.32. The molecular weight excluding hydrogens is 694 g/mol. The third-order valence-corrected chi connectivity index (χ3v) is 13.6. The number of anilines is 2. The van der Waals surface area contributed by atoms with Crippen molar-refractivity contribution in [3.63, 3.8) is 0 Å². The largest absolute Gasteiger partial charge is 0.461 e. The van der Waals surface area contributed by atoms with Crippen LogP contribution in [0.25, 0.3) is 32.1 Å². The molecule has 266 valence electrons. The van der Waals surface area contributed by atoms with E-state index in [-0.39, 0.29) is 77.3 Å². The molecule has 14 heteroatoms. The zero-order valence-corrected chi connectivity index (χ0v) is 30.0. The Balaban J connectivity index is 1.10. The van der Waals surface area contributed by atoms with Gasteiger partial charge in [-0.3, -0.25) is 15.0 Å². The summed E-state index contributed by atoms with van der Waals surface area (Å²) in [4.78, 5) is 29.3. The van der Waals surface area contributed by atoms with Gasteiger partial charge in [-0.05, 0) is 88.1 Å². The first kappa shape index (κ1) is 33.0. The van der Waals surface area contributed by atoms with Crippen LogP contribution in [0.15, 0.2) is 18.2 Å². The van der Waals surface area contributed by atoms with Crippen LogP contribution in [0.3, 0.4) is 0 Å². The van der Waals surface area contributed by atoms with Crippen molar-refractivity contribution in [3.05, 3.63) is 40.4 Å². The van der Waals surface area contributed by atoms with E-state index in [9.17, 15) is 14.4 Å². The van der Waals surface area contributed by atoms with E-state index in [0.717, 1.165) is 82.5 Å². The van der Waals surface area contributed by atoms with E-state index in [1.54, 1.807) is 6.07 Å². The number of carbonyl (C=O) groups excluding carboxylic acids is 1. The van der Waals surface area contributed by atoms with Crippen molar-refractivity contribution in [3.8, 4) is 23.2 Å². The van der Waals surface area contributed by atoms with Gasteiger partial charge in [0.2, 0.25) is 5.91 Å². The number of nitrogens with zero attached hydrogens (tertiary/aromatic N) is 6. The monoisotopic (exact) mass is 732 g/mol. The second-order valence-electron chi connectivity index (χ2n) is 15.2. The van der Waals surface area contributed by atoms with E-state index in [2.05, 4.69) is 26.2 Å². The van der Waals surface area contributed by atoms with Gasteiger partial charge in [0.15, 0.2) is 5.82 Å². The summed E-state index contributed by atoms with van der Waals surface area (Å²) in [5, 5.41) is 14.1. The Labute approximate surface area is 303 Å². The standard InChI is InChI=1S/C37H39ClF2N8O2S/c1-20-29(43-20)34(49)47-15-10-36(18-47)8-13-46(14-9-36)33-22-16-24(38)27(21-4-5-25(39)31-26(21)23(17-41)32(42)51-31)28(40)30(22)44-35(45-33)50-19-37-6-2-11-48(37)12-3-7-37/h4-5,16,20,29,43H,2-3,6-15,18-19,42H2,1H3/t20-,29+/m0/s1. The fourth-order valence-corrected chi connectivity index (χ4v) is 10.6. The lowest BCUT2D eigenvalue weighted by Gasteiger charge is -2.40. The van der Waals surface area contributed by atoms with Crippen molar-refractivity contribution in [2.75, 3.05) is 56.5 Å². The van der Waals surface area contributed by atoms with E-state index in [0.29, 0.717) is 30.9 Å². The molecule has 7 heterocycles. The van der Waals surface area contributed by atoms with Gasteiger partial charge in [-0.25, -0.2) is 8.78 Å². The molecule has 5 fully saturated rings. The molecule has 1 spiro atoms. The lowest BCUT2D eigenvalue weighted by molar-refractivity contribution is -0.130. The van der Waals surface area contributed by atoms with E-state index in [1.165, 1.54) is 12.1 Å². The molecule has 1 amide bonds. The number of benzene rings is 2. The molecular formula is C37H39ClF2N8O2S. The van der Waals surface area contributed by atoms with E-state index >= 15 is 4.39 Å². The Kier molecular flexibility index (Phi) is 7.85. The number of halogens is 3. The molecule has 0 unspecified atom stereocenters. The van der Waals surface area contributed by atoms with Crippen LogP contribution in [-0.4, -0.2) is 89.2 Å². The van der Waals surface area contributed by atoms with Crippen LogP contribution in [-0.2, 0) is 4.79 Å². The highest BCUT2D eigenvalue weighted by Gasteiger charge is 2.48. The number of aromatic nitrogens is 2. The van der Waals surface area contributed by atoms with Gasteiger partial charge in [0.05, 0.1) is 20.8 Å². The SMILES string of the molecule is C[C@@H]1N[C@H]1C(=O)N1CCC2(CCN(c3nc(OCC45CCCN4CCC5)nc4c(F)c(-c5ccc(F)c6sc(N)c(C#N)c56)c(Cl)cc34)CC2)C1.